The number of aryl methyl sites for hydroxylation is 1. The number of halogens is 1. The van der Waals surface area contributed by atoms with Gasteiger partial charge in [-0.2, -0.15) is 0 Å². The Morgan fingerprint density at radius 1 is 1.53 bits per heavy atom. The fraction of sp³-hybridized carbons (Fsp3) is 0.417. The number of phenols is 1. The zero-order valence-electron chi connectivity index (χ0n) is 9.97. The highest BCUT2D eigenvalue weighted by Crippen LogP contribution is 2.25. The first-order valence-electron chi connectivity index (χ1n) is 5.25. The largest absolute Gasteiger partial charge is 0.508 e. The SMILES string of the molecule is CCOC(=O)C[C@H](N)c1cc(C)ccc1O.Cl. The highest BCUT2D eigenvalue weighted by Gasteiger charge is 2.15. The highest BCUT2D eigenvalue weighted by atomic mass is 35.5. The molecular weight excluding hydrogens is 242 g/mol. The third kappa shape index (κ3) is 4.63. The molecule has 17 heavy (non-hydrogen) atoms. The average molecular weight is 260 g/mol. The maximum atomic E-state index is 11.2. The van der Waals surface area contributed by atoms with Gasteiger partial charge in [0.2, 0.25) is 0 Å². The number of hydrogen-bond donors (Lipinski definition) is 2. The predicted octanol–water partition coefficient (Wildman–Crippen LogP) is 2.08. The van der Waals surface area contributed by atoms with E-state index in [4.69, 9.17) is 10.5 Å². The molecule has 3 N–H and O–H groups in total. The van der Waals surface area contributed by atoms with Gasteiger partial charge in [0, 0.05) is 11.6 Å². The quantitative estimate of drug-likeness (QED) is 0.812. The number of ether oxygens (including phenoxy) is 1. The molecule has 0 saturated heterocycles. The van der Waals surface area contributed by atoms with Gasteiger partial charge in [0.15, 0.2) is 0 Å². The minimum atomic E-state index is -0.529. The summed E-state index contributed by atoms with van der Waals surface area (Å²) in [7, 11) is 0. The third-order valence-electron chi connectivity index (χ3n) is 2.27. The molecule has 1 aromatic rings. The Balaban J connectivity index is 0.00000256. The van der Waals surface area contributed by atoms with Crippen LogP contribution in [-0.4, -0.2) is 17.7 Å². The molecule has 0 bridgehead atoms. The first-order chi connectivity index (χ1) is 7.54. The van der Waals surface area contributed by atoms with Gasteiger partial charge in [-0.1, -0.05) is 17.7 Å². The molecule has 4 nitrogen and oxygen atoms in total. The number of benzene rings is 1. The molecule has 0 aliphatic carbocycles. The fourth-order valence-corrected chi connectivity index (χ4v) is 1.48. The number of carbonyl (C=O) groups excluding carboxylic acids is 1. The molecule has 0 spiro atoms. The second kappa shape index (κ2) is 7.14. The molecule has 0 saturated carbocycles. The first kappa shape index (κ1) is 15.7. The van der Waals surface area contributed by atoms with Crippen LogP contribution in [0.5, 0.6) is 5.75 Å². The van der Waals surface area contributed by atoms with E-state index in [9.17, 15) is 9.90 Å². The Morgan fingerprint density at radius 3 is 2.76 bits per heavy atom. The summed E-state index contributed by atoms with van der Waals surface area (Å²) in [6.07, 6.45) is 0.0743. The lowest BCUT2D eigenvalue weighted by Crippen LogP contribution is -2.17. The van der Waals surface area contributed by atoms with Crippen LogP contribution in [0.1, 0.15) is 30.5 Å². The first-order valence-corrected chi connectivity index (χ1v) is 5.25. The summed E-state index contributed by atoms with van der Waals surface area (Å²) in [5, 5.41) is 9.62. The van der Waals surface area contributed by atoms with Crippen molar-refractivity contribution in [3.05, 3.63) is 29.3 Å². The number of aromatic hydroxyl groups is 1. The lowest BCUT2D eigenvalue weighted by atomic mass is 10.0. The van der Waals surface area contributed by atoms with E-state index < -0.39 is 6.04 Å². The van der Waals surface area contributed by atoms with E-state index in [0.717, 1.165) is 5.56 Å². The van der Waals surface area contributed by atoms with Crippen LogP contribution in [0.3, 0.4) is 0 Å². The summed E-state index contributed by atoms with van der Waals surface area (Å²) in [6.45, 7) is 3.99. The van der Waals surface area contributed by atoms with Crippen molar-refractivity contribution in [3.8, 4) is 5.75 Å². The minimum absolute atomic E-state index is 0. The third-order valence-corrected chi connectivity index (χ3v) is 2.27. The van der Waals surface area contributed by atoms with Crippen LogP contribution in [0.4, 0.5) is 0 Å². The van der Waals surface area contributed by atoms with E-state index in [1.807, 2.05) is 6.92 Å². The van der Waals surface area contributed by atoms with Crippen LogP contribution in [0.15, 0.2) is 18.2 Å². The second-order valence-corrected chi connectivity index (χ2v) is 3.68. The Bertz CT molecular complexity index is 382. The number of hydrogen-bond acceptors (Lipinski definition) is 4. The van der Waals surface area contributed by atoms with E-state index in [2.05, 4.69) is 0 Å². The van der Waals surface area contributed by atoms with Crippen LogP contribution >= 0.6 is 12.4 Å². The van der Waals surface area contributed by atoms with Gasteiger partial charge in [0.05, 0.1) is 13.0 Å². The summed E-state index contributed by atoms with van der Waals surface area (Å²) < 4.78 is 4.80. The molecule has 0 unspecified atom stereocenters. The van der Waals surface area contributed by atoms with E-state index in [1.165, 1.54) is 0 Å². The average Bonchev–Trinajstić information content (AvgIpc) is 2.21. The maximum absolute atomic E-state index is 11.2. The van der Waals surface area contributed by atoms with Gasteiger partial charge in [-0.05, 0) is 19.9 Å². The lowest BCUT2D eigenvalue weighted by Gasteiger charge is -2.13. The van der Waals surface area contributed by atoms with Gasteiger partial charge in [-0.25, -0.2) is 0 Å². The second-order valence-electron chi connectivity index (χ2n) is 3.68. The Kier molecular flexibility index (Phi) is 6.61. The molecule has 0 aromatic heterocycles. The van der Waals surface area contributed by atoms with Gasteiger partial charge in [-0.3, -0.25) is 4.79 Å². The summed E-state index contributed by atoms with van der Waals surface area (Å²) in [4.78, 5) is 11.2. The number of phenolic OH excluding ortho intramolecular Hbond substituents is 1. The number of esters is 1. The fourth-order valence-electron chi connectivity index (χ4n) is 1.48. The Morgan fingerprint density at radius 2 is 2.18 bits per heavy atom. The van der Waals surface area contributed by atoms with Crippen molar-refractivity contribution >= 4 is 18.4 Å². The number of nitrogens with two attached hydrogens (primary N) is 1. The van der Waals surface area contributed by atoms with Gasteiger partial charge in [0.1, 0.15) is 5.75 Å². The molecule has 5 heteroatoms. The van der Waals surface area contributed by atoms with Gasteiger partial charge >= 0.3 is 5.97 Å². The molecule has 1 aromatic carbocycles. The number of carbonyl (C=O) groups is 1. The topological polar surface area (TPSA) is 72.5 Å². The summed E-state index contributed by atoms with van der Waals surface area (Å²) in [6, 6.07) is 4.61. The lowest BCUT2D eigenvalue weighted by molar-refractivity contribution is -0.143. The molecule has 0 fully saturated rings. The van der Waals surface area contributed by atoms with Crippen molar-refractivity contribution in [2.75, 3.05) is 6.61 Å². The van der Waals surface area contributed by atoms with Crippen LogP contribution in [0.25, 0.3) is 0 Å². The molecule has 0 aliphatic rings. The predicted molar refractivity (Wildman–Crippen MR) is 68.3 cm³/mol. The molecule has 0 amide bonds. The van der Waals surface area contributed by atoms with Gasteiger partial charge in [-0.15, -0.1) is 12.4 Å². The Labute approximate surface area is 107 Å². The zero-order valence-corrected chi connectivity index (χ0v) is 10.8. The van der Waals surface area contributed by atoms with Crippen molar-refractivity contribution in [1.82, 2.24) is 0 Å². The van der Waals surface area contributed by atoms with E-state index in [0.29, 0.717) is 12.2 Å². The molecular formula is C12H18ClNO3. The van der Waals surface area contributed by atoms with E-state index in [-0.39, 0.29) is 30.5 Å². The van der Waals surface area contributed by atoms with Gasteiger partial charge in [0.25, 0.3) is 0 Å². The number of rotatable bonds is 4. The highest BCUT2D eigenvalue weighted by molar-refractivity contribution is 5.85. The molecule has 1 rings (SSSR count). The Hall–Kier alpha value is -1.26. The van der Waals surface area contributed by atoms with Crippen LogP contribution in [0.2, 0.25) is 0 Å². The van der Waals surface area contributed by atoms with Crippen molar-refractivity contribution < 1.29 is 14.6 Å². The summed E-state index contributed by atoms with van der Waals surface area (Å²) in [5.41, 5.74) is 7.40. The minimum Gasteiger partial charge on any atom is -0.508 e. The van der Waals surface area contributed by atoms with Gasteiger partial charge < -0.3 is 15.6 Å². The van der Waals surface area contributed by atoms with Crippen molar-refractivity contribution in [2.45, 2.75) is 26.3 Å². The van der Waals surface area contributed by atoms with Crippen LogP contribution in [-0.2, 0) is 9.53 Å². The monoisotopic (exact) mass is 259 g/mol. The molecule has 0 heterocycles. The van der Waals surface area contributed by atoms with Crippen molar-refractivity contribution in [3.63, 3.8) is 0 Å². The van der Waals surface area contributed by atoms with E-state index >= 15 is 0 Å². The smallest absolute Gasteiger partial charge is 0.307 e. The molecule has 0 aliphatic heterocycles. The van der Waals surface area contributed by atoms with E-state index in [1.54, 1.807) is 25.1 Å². The van der Waals surface area contributed by atoms with Crippen molar-refractivity contribution in [2.24, 2.45) is 5.73 Å². The maximum Gasteiger partial charge on any atom is 0.307 e. The normalized spacial score (nSPS) is 11.5. The molecule has 96 valence electrons. The standard InChI is InChI=1S/C12H17NO3.ClH/c1-3-16-12(15)7-10(13)9-6-8(2)4-5-11(9)14;/h4-6,10,14H,3,7,13H2,1-2H3;1H/t10-;/m0./s1. The molecule has 0 radical (unpaired) electrons. The van der Waals surface area contributed by atoms with Crippen molar-refractivity contribution in [1.29, 1.82) is 0 Å². The van der Waals surface area contributed by atoms with Crippen LogP contribution in [0, 0.1) is 6.92 Å². The summed E-state index contributed by atoms with van der Waals surface area (Å²) >= 11 is 0. The zero-order chi connectivity index (χ0) is 12.1. The van der Waals surface area contributed by atoms with Crippen LogP contribution < -0.4 is 5.73 Å². The summed E-state index contributed by atoms with van der Waals surface area (Å²) in [5.74, 6) is -0.238. The molecule has 1 atom stereocenters.